The largest absolute Gasteiger partial charge is 0.510 e. The number of phenolic OH excluding ortho intramolecular Hbond substituents is 1. The SMILES string of the molecule is N=C1C(c2nccc(-c3ccc(O)c(CN=O)c3)n2)=C(O)CN1CC1CCCC1. The molecule has 8 heteroatoms. The van der Waals surface area contributed by atoms with Gasteiger partial charge in [-0.2, -0.15) is 4.91 Å². The van der Waals surface area contributed by atoms with Crippen molar-refractivity contribution in [3.8, 4) is 17.0 Å². The van der Waals surface area contributed by atoms with E-state index in [0.717, 1.165) is 6.54 Å². The van der Waals surface area contributed by atoms with Gasteiger partial charge in [-0.05, 0) is 43.0 Å². The van der Waals surface area contributed by atoms with Gasteiger partial charge in [0.1, 0.15) is 29.5 Å². The average Bonchev–Trinajstić information content (AvgIpc) is 3.32. The summed E-state index contributed by atoms with van der Waals surface area (Å²) in [5.74, 6) is 1.23. The third-order valence-electron chi connectivity index (χ3n) is 5.62. The number of phenols is 1. The van der Waals surface area contributed by atoms with Crippen LogP contribution in [0, 0.1) is 16.2 Å². The molecule has 0 saturated heterocycles. The van der Waals surface area contributed by atoms with Gasteiger partial charge in [0.2, 0.25) is 0 Å². The molecule has 2 aliphatic rings. The summed E-state index contributed by atoms with van der Waals surface area (Å²) < 4.78 is 0. The minimum atomic E-state index is -0.135. The molecule has 3 N–H and O–H groups in total. The van der Waals surface area contributed by atoms with Crippen LogP contribution >= 0.6 is 0 Å². The van der Waals surface area contributed by atoms with E-state index in [4.69, 9.17) is 5.41 Å². The number of aromatic hydroxyl groups is 1. The van der Waals surface area contributed by atoms with Crippen LogP contribution < -0.4 is 0 Å². The molecule has 1 saturated carbocycles. The summed E-state index contributed by atoms with van der Waals surface area (Å²) in [5, 5.41) is 31.7. The zero-order chi connectivity index (χ0) is 20.4. The van der Waals surface area contributed by atoms with E-state index in [9.17, 15) is 15.1 Å². The highest BCUT2D eigenvalue weighted by molar-refractivity contribution is 6.22. The van der Waals surface area contributed by atoms with E-state index in [1.165, 1.54) is 31.7 Å². The number of amidine groups is 1. The van der Waals surface area contributed by atoms with Crippen LogP contribution in [0.5, 0.6) is 5.75 Å². The molecule has 1 aromatic carbocycles. The summed E-state index contributed by atoms with van der Waals surface area (Å²) in [7, 11) is 0. The Kier molecular flexibility index (Phi) is 5.24. The van der Waals surface area contributed by atoms with Crippen LogP contribution in [0.2, 0.25) is 0 Å². The van der Waals surface area contributed by atoms with Gasteiger partial charge < -0.3 is 15.1 Å². The van der Waals surface area contributed by atoms with Gasteiger partial charge >= 0.3 is 0 Å². The van der Waals surface area contributed by atoms with Crippen LogP contribution in [0.4, 0.5) is 0 Å². The lowest BCUT2D eigenvalue weighted by Gasteiger charge is -2.22. The number of aliphatic hydroxyl groups is 1. The fraction of sp³-hybridized carbons (Fsp3) is 0.381. The molecule has 1 aliphatic heterocycles. The zero-order valence-electron chi connectivity index (χ0n) is 16.0. The molecule has 0 unspecified atom stereocenters. The number of rotatable bonds is 6. The van der Waals surface area contributed by atoms with Crippen LogP contribution in [0.15, 0.2) is 41.4 Å². The van der Waals surface area contributed by atoms with Crippen molar-refractivity contribution in [1.82, 2.24) is 14.9 Å². The minimum absolute atomic E-state index is 0.00288. The Morgan fingerprint density at radius 3 is 2.76 bits per heavy atom. The van der Waals surface area contributed by atoms with Gasteiger partial charge in [-0.1, -0.05) is 18.0 Å². The molecule has 1 aromatic heterocycles. The van der Waals surface area contributed by atoms with Gasteiger partial charge in [0.05, 0.1) is 12.2 Å². The fourth-order valence-corrected chi connectivity index (χ4v) is 4.11. The van der Waals surface area contributed by atoms with Crippen LogP contribution in [-0.4, -0.2) is 44.0 Å². The van der Waals surface area contributed by atoms with Gasteiger partial charge in [-0.25, -0.2) is 9.97 Å². The first kappa shape index (κ1) is 19.0. The first-order valence-corrected chi connectivity index (χ1v) is 9.77. The summed E-state index contributed by atoms with van der Waals surface area (Å²) in [6.45, 7) is 0.947. The second kappa shape index (κ2) is 7.98. The topological polar surface area (TPSA) is 123 Å². The molecular formula is C21H23N5O3. The first-order valence-electron chi connectivity index (χ1n) is 9.77. The monoisotopic (exact) mass is 393 g/mol. The number of nitroso groups, excluding NO2 is 1. The van der Waals surface area contributed by atoms with Crippen molar-refractivity contribution in [2.75, 3.05) is 13.1 Å². The van der Waals surface area contributed by atoms with E-state index >= 15 is 0 Å². The molecule has 0 atom stereocenters. The quantitative estimate of drug-likeness (QED) is 0.640. The summed E-state index contributed by atoms with van der Waals surface area (Å²) in [6.07, 6.45) is 6.39. The van der Waals surface area contributed by atoms with Crippen molar-refractivity contribution >= 4 is 11.4 Å². The molecule has 0 radical (unpaired) electrons. The Balaban J connectivity index is 1.60. The molecule has 0 bridgehead atoms. The third-order valence-corrected chi connectivity index (χ3v) is 5.62. The first-order chi connectivity index (χ1) is 14.1. The number of benzene rings is 1. The minimum Gasteiger partial charge on any atom is -0.510 e. The van der Waals surface area contributed by atoms with Crippen LogP contribution in [0.25, 0.3) is 16.8 Å². The molecule has 29 heavy (non-hydrogen) atoms. The standard InChI is InChI=1S/C21H23N5O3/c22-20-19(18(28)12-26(20)11-13-3-1-2-4-13)21-23-8-7-16(25-21)14-5-6-17(27)15(9-14)10-24-29/h5-9,13,22,27-28H,1-4,10-12H2. The van der Waals surface area contributed by atoms with E-state index in [-0.39, 0.29) is 23.9 Å². The molecule has 4 rings (SSSR count). The second-order valence-corrected chi connectivity index (χ2v) is 7.60. The Bertz CT molecular complexity index is 982. The number of aliphatic hydroxyl groups excluding tert-OH is 1. The van der Waals surface area contributed by atoms with E-state index in [1.54, 1.807) is 24.4 Å². The van der Waals surface area contributed by atoms with Crippen LogP contribution in [0.1, 0.15) is 37.1 Å². The lowest BCUT2D eigenvalue weighted by atomic mass is 10.1. The smallest absolute Gasteiger partial charge is 0.166 e. The van der Waals surface area contributed by atoms with E-state index in [0.29, 0.717) is 40.7 Å². The van der Waals surface area contributed by atoms with E-state index in [2.05, 4.69) is 15.1 Å². The van der Waals surface area contributed by atoms with Crippen molar-refractivity contribution in [2.24, 2.45) is 11.1 Å². The summed E-state index contributed by atoms with van der Waals surface area (Å²) in [4.78, 5) is 21.3. The maximum Gasteiger partial charge on any atom is 0.166 e. The number of hydrogen-bond acceptors (Lipinski definition) is 7. The predicted molar refractivity (Wildman–Crippen MR) is 109 cm³/mol. The maximum absolute atomic E-state index is 10.6. The fourth-order valence-electron chi connectivity index (χ4n) is 4.11. The summed E-state index contributed by atoms with van der Waals surface area (Å²) in [6, 6.07) is 6.55. The highest BCUT2D eigenvalue weighted by Gasteiger charge is 2.32. The molecule has 150 valence electrons. The number of nitrogens with zero attached hydrogens (tertiary/aromatic N) is 4. The average molecular weight is 393 g/mol. The molecule has 0 spiro atoms. The Morgan fingerprint density at radius 1 is 1.21 bits per heavy atom. The van der Waals surface area contributed by atoms with Crippen molar-refractivity contribution in [1.29, 1.82) is 5.41 Å². The van der Waals surface area contributed by atoms with Crippen LogP contribution in [-0.2, 0) is 6.54 Å². The van der Waals surface area contributed by atoms with Gasteiger partial charge in [0, 0.05) is 23.9 Å². The maximum atomic E-state index is 10.6. The molecular weight excluding hydrogens is 370 g/mol. The van der Waals surface area contributed by atoms with Crippen molar-refractivity contribution in [3.63, 3.8) is 0 Å². The van der Waals surface area contributed by atoms with Gasteiger partial charge in [0.15, 0.2) is 5.82 Å². The predicted octanol–water partition coefficient (Wildman–Crippen LogP) is 3.87. The highest BCUT2D eigenvalue weighted by Crippen LogP contribution is 2.31. The van der Waals surface area contributed by atoms with Crippen molar-refractivity contribution < 1.29 is 10.2 Å². The van der Waals surface area contributed by atoms with Crippen molar-refractivity contribution in [3.05, 3.63) is 52.5 Å². The summed E-state index contributed by atoms with van der Waals surface area (Å²) in [5.41, 5.74) is 2.04. The zero-order valence-corrected chi connectivity index (χ0v) is 16.0. The molecule has 1 fully saturated rings. The lowest BCUT2D eigenvalue weighted by Crippen LogP contribution is -2.31. The number of nitrogens with one attached hydrogen (secondary N) is 1. The van der Waals surface area contributed by atoms with Gasteiger partial charge in [-0.3, -0.25) is 5.41 Å². The number of aromatic nitrogens is 2. The molecule has 2 heterocycles. The Hall–Kier alpha value is -3.29. The second-order valence-electron chi connectivity index (χ2n) is 7.60. The molecule has 2 aromatic rings. The van der Waals surface area contributed by atoms with Crippen LogP contribution in [0.3, 0.4) is 0 Å². The number of hydrogen-bond donors (Lipinski definition) is 3. The summed E-state index contributed by atoms with van der Waals surface area (Å²) >= 11 is 0. The van der Waals surface area contributed by atoms with Gasteiger partial charge in [-0.15, -0.1) is 0 Å². The highest BCUT2D eigenvalue weighted by atomic mass is 16.3. The molecule has 1 aliphatic carbocycles. The Morgan fingerprint density at radius 2 is 2.00 bits per heavy atom. The van der Waals surface area contributed by atoms with E-state index in [1.807, 2.05) is 4.90 Å². The van der Waals surface area contributed by atoms with Gasteiger partial charge in [0.25, 0.3) is 0 Å². The van der Waals surface area contributed by atoms with Crippen molar-refractivity contribution in [2.45, 2.75) is 32.2 Å². The Labute approximate surface area is 168 Å². The third kappa shape index (κ3) is 3.83. The molecule has 8 nitrogen and oxygen atoms in total. The van der Waals surface area contributed by atoms with E-state index < -0.39 is 0 Å². The lowest BCUT2D eigenvalue weighted by molar-refractivity contribution is 0.316. The molecule has 0 amide bonds. The normalized spacial score (nSPS) is 17.4.